The minimum Gasteiger partial charge on any atom is -0.456 e. The van der Waals surface area contributed by atoms with E-state index in [-0.39, 0.29) is 0 Å². The van der Waals surface area contributed by atoms with Crippen LogP contribution in [0.4, 0.5) is 0 Å². The third-order valence-corrected chi connectivity index (χ3v) is 14.1. The summed E-state index contributed by atoms with van der Waals surface area (Å²) in [6, 6.07) is 57.5. The number of fused-ring (bicyclic) bond motifs is 6. The van der Waals surface area contributed by atoms with Gasteiger partial charge in [0.2, 0.25) is 0 Å². The van der Waals surface area contributed by atoms with Crippen molar-refractivity contribution in [3.63, 3.8) is 0 Å². The van der Waals surface area contributed by atoms with Crippen LogP contribution in [0.25, 0.3) is 89.5 Å². The van der Waals surface area contributed by atoms with Crippen LogP contribution < -0.4 is 10.4 Å². The van der Waals surface area contributed by atoms with Gasteiger partial charge < -0.3 is 4.42 Å². The van der Waals surface area contributed by atoms with Gasteiger partial charge in [0.25, 0.3) is 0 Å². The SMILES string of the molecule is C[Si]1(C)c2ccccc2-c2c(-c3nc(-c4ccccc4)nc(-c4cccc5oc6cc(-c7ccccc7)ccc6c45)n3)cc(-c3ccccc3)cc21. The lowest BCUT2D eigenvalue weighted by Crippen LogP contribution is -2.49. The molecule has 0 spiro atoms. The molecule has 0 radical (unpaired) electrons. The molecule has 5 heteroatoms. The van der Waals surface area contributed by atoms with E-state index >= 15 is 0 Å². The molecule has 0 fully saturated rings. The van der Waals surface area contributed by atoms with Gasteiger partial charge in [-0.2, -0.15) is 0 Å². The molecule has 0 saturated heterocycles. The maximum atomic E-state index is 6.53. The van der Waals surface area contributed by atoms with E-state index in [2.05, 4.69) is 140 Å². The Kier molecular flexibility index (Phi) is 6.91. The van der Waals surface area contributed by atoms with Crippen LogP contribution in [0, 0.1) is 0 Å². The maximum Gasteiger partial charge on any atom is 0.164 e. The Morgan fingerprint density at radius 1 is 0.404 bits per heavy atom. The van der Waals surface area contributed by atoms with Gasteiger partial charge in [-0.25, -0.2) is 15.0 Å². The summed E-state index contributed by atoms with van der Waals surface area (Å²) in [5.41, 5.74) is 11.6. The Morgan fingerprint density at radius 3 is 1.73 bits per heavy atom. The summed E-state index contributed by atoms with van der Waals surface area (Å²) in [7, 11) is -2.04. The first kappa shape index (κ1) is 30.4. The van der Waals surface area contributed by atoms with Crippen LogP contribution in [0.15, 0.2) is 168 Å². The zero-order valence-corrected chi connectivity index (χ0v) is 29.8. The predicted octanol–water partition coefficient (Wildman–Crippen LogP) is 10.9. The summed E-state index contributed by atoms with van der Waals surface area (Å²) >= 11 is 0. The summed E-state index contributed by atoms with van der Waals surface area (Å²) in [6.07, 6.45) is 0. The van der Waals surface area contributed by atoms with Gasteiger partial charge >= 0.3 is 0 Å². The highest BCUT2D eigenvalue weighted by Gasteiger charge is 2.39. The Morgan fingerprint density at radius 2 is 1.00 bits per heavy atom. The van der Waals surface area contributed by atoms with Crippen molar-refractivity contribution in [2.24, 2.45) is 0 Å². The number of hydrogen-bond donors (Lipinski definition) is 0. The van der Waals surface area contributed by atoms with Crippen molar-refractivity contribution in [2.75, 3.05) is 0 Å². The van der Waals surface area contributed by atoms with Gasteiger partial charge in [0, 0.05) is 27.5 Å². The molecule has 2 aromatic heterocycles. The molecule has 10 rings (SSSR count). The molecule has 3 heterocycles. The van der Waals surface area contributed by atoms with Crippen LogP contribution in [0.1, 0.15) is 0 Å². The number of rotatable bonds is 5. The quantitative estimate of drug-likeness (QED) is 0.169. The zero-order valence-electron chi connectivity index (χ0n) is 28.8. The van der Waals surface area contributed by atoms with Crippen LogP contribution >= 0.6 is 0 Å². The molecule has 0 bridgehead atoms. The van der Waals surface area contributed by atoms with E-state index < -0.39 is 8.07 Å². The molecular weight excluding hydrogens is 651 g/mol. The number of benzene rings is 7. The standard InChI is InChI=1S/C47H33N3OSi/c1-52(2)41-24-13-12-21-36(41)44-38(27-34(29-42(44)52)31-17-8-4-9-18-31)47-49-45(32-19-10-5-11-20-32)48-46(50-47)37-22-14-23-39-43(37)35-26-25-33(28-40(35)51-39)30-15-6-3-7-16-30/h3-29H,1-2H3. The topological polar surface area (TPSA) is 51.8 Å². The number of furan rings is 1. The molecule has 0 aliphatic carbocycles. The molecule has 1 aliphatic rings. The second-order valence-electron chi connectivity index (χ2n) is 14.0. The van der Waals surface area contributed by atoms with Gasteiger partial charge in [-0.1, -0.05) is 153 Å². The van der Waals surface area contributed by atoms with Crippen LogP contribution in [-0.2, 0) is 0 Å². The molecular formula is C47H33N3OSi. The highest BCUT2D eigenvalue weighted by atomic mass is 28.3. The predicted molar refractivity (Wildman–Crippen MR) is 216 cm³/mol. The second-order valence-corrected chi connectivity index (χ2v) is 18.3. The number of hydrogen-bond acceptors (Lipinski definition) is 4. The lowest BCUT2D eigenvalue weighted by molar-refractivity contribution is 0.669. The number of nitrogens with zero attached hydrogens (tertiary/aromatic N) is 3. The van der Waals surface area contributed by atoms with Crippen molar-refractivity contribution in [2.45, 2.75) is 13.1 Å². The van der Waals surface area contributed by atoms with Gasteiger partial charge in [0.15, 0.2) is 17.5 Å². The Hall–Kier alpha value is -6.43. The molecule has 0 atom stereocenters. The fraction of sp³-hybridized carbons (Fsp3) is 0.0426. The molecule has 0 N–H and O–H groups in total. The molecule has 0 amide bonds. The molecule has 52 heavy (non-hydrogen) atoms. The van der Waals surface area contributed by atoms with E-state index in [1.54, 1.807) is 0 Å². The molecule has 9 aromatic rings. The van der Waals surface area contributed by atoms with Crippen molar-refractivity contribution in [3.8, 4) is 67.5 Å². The summed E-state index contributed by atoms with van der Waals surface area (Å²) < 4.78 is 6.53. The van der Waals surface area contributed by atoms with Crippen molar-refractivity contribution in [1.29, 1.82) is 0 Å². The first-order chi connectivity index (χ1) is 25.5. The van der Waals surface area contributed by atoms with E-state index in [1.165, 1.54) is 32.6 Å². The normalized spacial score (nSPS) is 13.0. The van der Waals surface area contributed by atoms with Crippen LogP contribution in [0.5, 0.6) is 0 Å². The van der Waals surface area contributed by atoms with E-state index in [0.717, 1.165) is 49.8 Å². The molecule has 1 aliphatic heterocycles. The highest BCUT2D eigenvalue weighted by Crippen LogP contribution is 2.41. The van der Waals surface area contributed by atoms with Crippen molar-refractivity contribution in [3.05, 3.63) is 164 Å². The van der Waals surface area contributed by atoms with Gasteiger partial charge in [-0.15, -0.1) is 0 Å². The van der Waals surface area contributed by atoms with Gasteiger partial charge in [0.1, 0.15) is 19.2 Å². The average molecular weight is 684 g/mol. The third-order valence-electron chi connectivity index (χ3n) is 10.5. The van der Waals surface area contributed by atoms with Crippen LogP contribution in [-0.4, -0.2) is 23.0 Å². The molecule has 4 nitrogen and oxygen atoms in total. The maximum absolute atomic E-state index is 6.53. The molecule has 0 saturated carbocycles. The first-order valence-electron chi connectivity index (χ1n) is 17.7. The lowest BCUT2D eigenvalue weighted by Gasteiger charge is -2.20. The average Bonchev–Trinajstić information content (AvgIpc) is 3.70. The van der Waals surface area contributed by atoms with E-state index in [0.29, 0.717) is 17.5 Å². The summed E-state index contributed by atoms with van der Waals surface area (Å²) in [5.74, 6) is 1.92. The van der Waals surface area contributed by atoms with E-state index in [4.69, 9.17) is 19.4 Å². The Bertz CT molecular complexity index is 2810. The van der Waals surface area contributed by atoms with Gasteiger partial charge in [0.05, 0.1) is 0 Å². The fourth-order valence-corrected chi connectivity index (χ4v) is 11.0. The van der Waals surface area contributed by atoms with Crippen molar-refractivity contribution >= 4 is 40.4 Å². The lowest BCUT2D eigenvalue weighted by atomic mass is 9.94. The van der Waals surface area contributed by atoms with Gasteiger partial charge in [-0.3, -0.25) is 0 Å². The largest absolute Gasteiger partial charge is 0.456 e. The minimum absolute atomic E-state index is 0.617. The second kappa shape index (κ2) is 11.8. The van der Waals surface area contributed by atoms with Crippen LogP contribution in [0.2, 0.25) is 13.1 Å². The van der Waals surface area contributed by atoms with E-state index in [9.17, 15) is 0 Å². The smallest absolute Gasteiger partial charge is 0.164 e. The monoisotopic (exact) mass is 683 g/mol. The Labute approximate surface area is 303 Å². The van der Waals surface area contributed by atoms with Gasteiger partial charge in [-0.05, 0) is 68.0 Å². The Balaban J connectivity index is 1.25. The minimum atomic E-state index is -2.04. The number of aromatic nitrogens is 3. The summed E-state index contributed by atoms with van der Waals surface area (Å²) in [6.45, 7) is 4.91. The van der Waals surface area contributed by atoms with E-state index in [1.807, 2.05) is 36.4 Å². The highest BCUT2D eigenvalue weighted by molar-refractivity contribution is 7.04. The van der Waals surface area contributed by atoms with Crippen molar-refractivity contribution in [1.82, 2.24) is 15.0 Å². The molecule has 246 valence electrons. The molecule has 7 aromatic carbocycles. The zero-order chi connectivity index (χ0) is 34.8. The summed E-state index contributed by atoms with van der Waals surface area (Å²) in [5, 5.41) is 4.88. The van der Waals surface area contributed by atoms with Crippen LogP contribution in [0.3, 0.4) is 0 Å². The molecule has 0 unspecified atom stereocenters. The fourth-order valence-electron chi connectivity index (χ4n) is 7.95. The first-order valence-corrected chi connectivity index (χ1v) is 20.7. The third kappa shape index (κ3) is 4.85. The summed E-state index contributed by atoms with van der Waals surface area (Å²) in [4.78, 5) is 15.9. The van der Waals surface area contributed by atoms with Crippen molar-refractivity contribution < 1.29 is 4.42 Å².